The summed E-state index contributed by atoms with van der Waals surface area (Å²) in [4.78, 5) is 14.5. The van der Waals surface area contributed by atoms with E-state index in [0.29, 0.717) is 12.3 Å². The van der Waals surface area contributed by atoms with Crippen LogP contribution in [0.4, 0.5) is 0 Å². The number of aromatic amines is 1. The number of halogens is 1. The van der Waals surface area contributed by atoms with Crippen LogP contribution < -0.4 is 5.32 Å². The number of aromatic nitrogens is 1. The Labute approximate surface area is 114 Å². The minimum Gasteiger partial charge on any atom is -0.373 e. The maximum Gasteiger partial charge on any atom is 0.204 e. The smallest absolute Gasteiger partial charge is 0.204 e. The number of ketones is 1. The number of Topliss-reactive ketones (excluding diaryl/α,β-unsaturated/α-hetero) is 1. The van der Waals surface area contributed by atoms with E-state index in [1.807, 2.05) is 6.07 Å². The molecule has 0 atom stereocenters. The molecule has 1 aliphatic heterocycles. The summed E-state index contributed by atoms with van der Waals surface area (Å²) in [6.45, 7) is 3.11. The van der Waals surface area contributed by atoms with Crippen molar-refractivity contribution in [3.05, 3.63) is 24.0 Å². The monoisotopic (exact) mass is 272 g/mol. The topological polar surface area (TPSA) is 54.1 Å². The van der Waals surface area contributed by atoms with Crippen LogP contribution in [-0.4, -0.2) is 37.1 Å². The van der Waals surface area contributed by atoms with Gasteiger partial charge in [-0.2, -0.15) is 0 Å². The second-order valence-corrected chi connectivity index (χ2v) is 4.54. The van der Waals surface area contributed by atoms with Gasteiger partial charge in [0.25, 0.3) is 0 Å². The van der Waals surface area contributed by atoms with Gasteiger partial charge < -0.3 is 15.0 Å². The van der Waals surface area contributed by atoms with Crippen LogP contribution >= 0.6 is 12.4 Å². The number of hydrogen-bond donors (Lipinski definition) is 2. The van der Waals surface area contributed by atoms with Gasteiger partial charge in [0.1, 0.15) is 6.61 Å². The van der Waals surface area contributed by atoms with Crippen molar-refractivity contribution in [2.75, 3.05) is 26.3 Å². The van der Waals surface area contributed by atoms with Gasteiger partial charge in [0.05, 0.1) is 5.69 Å². The molecule has 0 saturated carbocycles. The summed E-state index contributed by atoms with van der Waals surface area (Å²) in [5.74, 6) is 0.789. The molecule has 18 heavy (non-hydrogen) atoms. The predicted octanol–water partition coefficient (Wildman–Crippen LogP) is 2.03. The third-order valence-electron chi connectivity index (χ3n) is 3.26. The largest absolute Gasteiger partial charge is 0.373 e. The van der Waals surface area contributed by atoms with Crippen LogP contribution in [0.5, 0.6) is 0 Å². The normalized spacial score (nSPS) is 16.2. The fraction of sp³-hybridized carbons (Fsp3) is 0.615. The number of nitrogens with one attached hydrogen (secondary N) is 2. The third-order valence-corrected chi connectivity index (χ3v) is 3.26. The van der Waals surface area contributed by atoms with E-state index < -0.39 is 0 Å². The molecule has 1 aromatic heterocycles. The van der Waals surface area contributed by atoms with Crippen LogP contribution in [0.25, 0.3) is 0 Å². The molecule has 5 heteroatoms. The first-order chi connectivity index (χ1) is 8.36. The Morgan fingerprint density at radius 1 is 1.39 bits per heavy atom. The van der Waals surface area contributed by atoms with Gasteiger partial charge in [0.15, 0.2) is 0 Å². The van der Waals surface area contributed by atoms with Crippen LogP contribution in [0.3, 0.4) is 0 Å². The van der Waals surface area contributed by atoms with Crippen molar-refractivity contribution in [2.45, 2.75) is 19.3 Å². The average Bonchev–Trinajstić information content (AvgIpc) is 2.89. The molecule has 1 aromatic rings. The molecule has 1 fully saturated rings. The number of ether oxygens (including phenoxy) is 1. The summed E-state index contributed by atoms with van der Waals surface area (Å²) in [6, 6.07) is 3.60. The number of hydrogen-bond acceptors (Lipinski definition) is 3. The predicted molar refractivity (Wildman–Crippen MR) is 73.4 cm³/mol. The van der Waals surface area contributed by atoms with Gasteiger partial charge >= 0.3 is 0 Å². The van der Waals surface area contributed by atoms with Gasteiger partial charge in [-0.15, -0.1) is 12.4 Å². The van der Waals surface area contributed by atoms with Gasteiger partial charge in [-0.05, 0) is 50.4 Å². The van der Waals surface area contributed by atoms with Crippen molar-refractivity contribution in [1.29, 1.82) is 0 Å². The van der Waals surface area contributed by atoms with Crippen LogP contribution in [0.2, 0.25) is 0 Å². The molecule has 2 rings (SSSR count). The van der Waals surface area contributed by atoms with Crippen molar-refractivity contribution >= 4 is 18.2 Å². The summed E-state index contributed by atoms with van der Waals surface area (Å²) < 4.78 is 5.43. The molecule has 0 amide bonds. The highest BCUT2D eigenvalue weighted by atomic mass is 35.5. The molecule has 2 heterocycles. The Bertz CT molecular complexity index is 335. The molecule has 0 aliphatic carbocycles. The highest BCUT2D eigenvalue weighted by Crippen LogP contribution is 2.15. The van der Waals surface area contributed by atoms with E-state index in [1.165, 1.54) is 12.8 Å². The molecule has 4 nitrogen and oxygen atoms in total. The zero-order valence-electron chi connectivity index (χ0n) is 10.5. The number of carbonyl (C=O) groups excluding carboxylic acids is 1. The molecule has 102 valence electrons. The minimum absolute atomic E-state index is 0. The summed E-state index contributed by atoms with van der Waals surface area (Å²) in [7, 11) is 0. The van der Waals surface area contributed by atoms with Gasteiger partial charge in [-0.1, -0.05) is 0 Å². The summed E-state index contributed by atoms with van der Waals surface area (Å²) in [5, 5.41) is 3.34. The van der Waals surface area contributed by atoms with Gasteiger partial charge in [0.2, 0.25) is 5.78 Å². The quantitative estimate of drug-likeness (QED) is 0.615. The Balaban J connectivity index is 0.00000162. The first kappa shape index (κ1) is 15.2. The Kier molecular flexibility index (Phi) is 7.01. The van der Waals surface area contributed by atoms with Crippen molar-refractivity contribution in [1.82, 2.24) is 10.3 Å². The first-order valence-electron chi connectivity index (χ1n) is 6.31. The SMILES string of the molecule is Cl.O=C(COCCC1CCNCC1)c1ccc[nH]1. The Morgan fingerprint density at radius 3 is 2.83 bits per heavy atom. The van der Waals surface area contributed by atoms with E-state index in [1.54, 1.807) is 12.3 Å². The molecule has 0 radical (unpaired) electrons. The fourth-order valence-electron chi connectivity index (χ4n) is 2.17. The van der Waals surface area contributed by atoms with Crippen molar-refractivity contribution in [3.8, 4) is 0 Å². The van der Waals surface area contributed by atoms with E-state index in [0.717, 1.165) is 25.4 Å². The molecule has 1 saturated heterocycles. The van der Waals surface area contributed by atoms with E-state index in [4.69, 9.17) is 4.74 Å². The molecule has 0 unspecified atom stereocenters. The third kappa shape index (κ3) is 4.80. The van der Waals surface area contributed by atoms with Crippen molar-refractivity contribution in [2.24, 2.45) is 5.92 Å². The van der Waals surface area contributed by atoms with Crippen molar-refractivity contribution < 1.29 is 9.53 Å². The van der Waals surface area contributed by atoms with E-state index >= 15 is 0 Å². The maximum absolute atomic E-state index is 11.6. The van der Waals surface area contributed by atoms with Crippen LogP contribution in [0, 0.1) is 5.92 Å². The highest BCUT2D eigenvalue weighted by molar-refractivity contribution is 5.95. The lowest BCUT2D eigenvalue weighted by molar-refractivity contribution is 0.0719. The Morgan fingerprint density at radius 2 is 2.17 bits per heavy atom. The van der Waals surface area contributed by atoms with Gasteiger partial charge in [-0.3, -0.25) is 4.79 Å². The van der Waals surface area contributed by atoms with Gasteiger partial charge in [-0.25, -0.2) is 0 Å². The molecule has 0 bridgehead atoms. The molecular formula is C13H21ClN2O2. The summed E-state index contributed by atoms with van der Waals surface area (Å²) in [5.41, 5.74) is 0.631. The standard InChI is InChI=1S/C13H20N2O2.ClH/c16-13(12-2-1-6-15-12)10-17-9-5-11-3-7-14-8-4-11;/h1-2,6,11,14-15H,3-5,7-10H2;1H. The molecule has 1 aliphatic rings. The van der Waals surface area contributed by atoms with Crippen molar-refractivity contribution in [3.63, 3.8) is 0 Å². The number of H-pyrrole nitrogens is 1. The highest BCUT2D eigenvalue weighted by Gasteiger charge is 2.13. The number of carbonyl (C=O) groups is 1. The zero-order chi connectivity index (χ0) is 11.9. The lowest BCUT2D eigenvalue weighted by Gasteiger charge is -2.22. The first-order valence-corrected chi connectivity index (χ1v) is 6.31. The van der Waals surface area contributed by atoms with Gasteiger partial charge in [0, 0.05) is 12.8 Å². The lowest BCUT2D eigenvalue weighted by Crippen LogP contribution is -2.28. The summed E-state index contributed by atoms with van der Waals surface area (Å²) in [6.07, 6.45) is 5.28. The minimum atomic E-state index is 0. The molecule has 2 N–H and O–H groups in total. The molecular weight excluding hydrogens is 252 g/mol. The maximum atomic E-state index is 11.6. The Hall–Kier alpha value is -0.840. The summed E-state index contributed by atoms with van der Waals surface area (Å²) >= 11 is 0. The van der Waals surface area contributed by atoms with E-state index in [9.17, 15) is 4.79 Å². The van der Waals surface area contributed by atoms with Crippen LogP contribution in [0.1, 0.15) is 29.8 Å². The lowest BCUT2D eigenvalue weighted by atomic mass is 9.95. The fourth-order valence-corrected chi connectivity index (χ4v) is 2.17. The molecule has 0 aromatic carbocycles. The van der Waals surface area contributed by atoms with Crippen LogP contribution in [-0.2, 0) is 4.74 Å². The number of rotatable bonds is 6. The van der Waals surface area contributed by atoms with E-state index in [2.05, 4.69) is 10.3 Å². The second-order valence-electron chi connectivity index (χ2n) is 4.54. The zero-order valence-corrected chi connectivity index (χ0v) is 11.3. The van der Waals surface area contributed by atoms with E-state index in [-0.39, 0.29) is 24.8 Å². The molecule has 0 spiro atoms. The number of piperidine rings is 1. The van der Waals surface area contributed by atoms with Crippen LogP contribution in [0.15, 0.2) is 18.3 Å². The second kappa shape index (κ2) is 8.29. The average molecular weight is 273 g/mol.